The minimum absolute atomic E-state index is 0.284. The summed E-state index contributed by atoms with van der Waals surface area (Å²) in [5.74, 6) is -0.284. The van der Waals surface area contributed by atoms with Gasteiger partial charge in [0.1, 0.15) is 12.1 Å². The predicted octanol–water partition coefficient (Wildman–Crippen LogP) is 4.43. The van der Waals surface area contributed by atoms with Gasteiger partial charge in [0.2, 0.25) is 0 Å². The molecule has 2 rings (SSSR count). The molecule has 0 heterocycles. The molecule has 0 amide bonds. The van der Waals surface area contributed by atoms with E-state index >= 15 is 0 Å². The monoisotopic (exact) mass is 256 g/mol. The quantitative estimate of drug-likeness (QED) is 0.739. The van der Waals surface area contributed by atoms with E-state index in [2.05, 4.69) is 13.0 Å². The van der Waals surface area contributed by atoms with E-state index in [-0.39, 0.29) is 5.82 Å². The first kappa shape index (κ1) is 13.5. The first-order chi connectivity index (χ1) is 9.19. The minimum Gasteiger partial charge on any atom is -0.298 e. The average molecular weight is 256 g/mol. The molecule has 2 aromatic carbocycles. The Morgan fingerprint density at radius 2 is 1.79 bits per heavy atom. The summed E-state index contributed by atoms with van der Waals surface area (Å²) in [6, 6.07) is 10.6. The van der Waals surface area contributed by atoms with Gasteiger partial charge in [0, 0.05) is 11.1 Å². The number of carbonyl (C=O) groups is 1. The lowest BCUT2D eigenvalue weighted by Crippen LogP contribution is -1.94. The maximum Gasteiger partial charge on any atom is 0.150 e. The van der Waals surface area contributed by atoms with Crippen LogP contribution in [0.3, 0.4) is 0 Å². The van der Waals surface area contributed by atoms with Gasteiger partial charge in [-0.3, -0.25) is 4.79 Å². The molecule has 0 aliphatic carbocycles. The van der Waals surface area contributed by atoms with Crippen LogP contribution in [0.2, 0.25) is 0 Å². The molecule has 0 atom stereocenters. The molecule has 0 unspecified atom stereocenters. The van der Waals surface area contributed by atoms with E-state index in [9.17, 15) is 9.18 Å². The highest BCUT2D eigenvalue weighted by Crippen LogP contribution is 2.29. The first-order valence-electron chi connectivity index (χ1n) is 6.56. The first-order valence-corrected chi connectivity index (χ1v) is 6.56. The molecule has 98 valence electrons. The minimum atomic E-state index is -0.284. The molecule has 2 heteroatoms. The topological polar surface area (TPSA) is 17.1 Å². The van der Waals surface area contributed by atoms with Gasteiger partial charge >= 0.3 is 0 Å². The van der Waals surface area contributed by atoms with Crippen LogP contribution in [0.4, 0.5) is 4.39 Å². The summed E-state index contributed by atoms with van der Waals surface area (Å²) >= 11 is 0. The highest BCUT2D eigenvalue weighted by Gasteiger charge is 2.10. The van der Waals surface area contributed by atoms with E-state index in [1.54, 1.807) is 6.07 Å². The van der Waals surface area contributed by atoms with Gasteiger partial charge in [-0.1, -0.05) is 32.0 Å². The predicted molar refractivity (Wildman–Crippen MR) is 76.0 cm³/mol. The lowest BCUT2D eigenvalue weighted by molar-refractivity contribution is 0.112. The number of hydrogen-bond acceptors (Lipinski definition) is 1. The van der Waals surface area contributed by atoms with Crippen molar-refractivity contribution in [1.82, 2.24) is 0 Å². The Balaban J connectivity index is 2.65. The second-order valence-electron chi connectivity index (χ2n) is 4.56. The van der Waals surface area contributed by atoms with Crippen molar-refractivity contribution in [1.29, 1.82) is 0 Å². The Labute approximate surface area is 113 Å². The van der Waals surface area contributed by atoms with Gasteiger partial charge in [-0.25, -0.2) is 4.39 Å². The zero-order chi connectivity index (χ0) is 13.8. The van der Waals surface area contributed by atoms with Crippen molar-refractivity contribution in [3.63, 3.8) is 0 Å². The summed E-state index contributed by atoms with van der Waals surface area (Å²) in [6.45, 7) is 4.12. The molecule has 0 aromatic heterocycles. The summed E-state index contributed by atoms with van der Waals surface area (Å²) < 4.78 is 14.0. The molecule has 0 radical (unpaired) electrons. The van der Waals surface area contributed by atoms with Crippen molar-refractivity contribution in [3.8, 4) is 11.1 Å². The fourth-order valence-electron chi connectivity index (χ4n) is 2.23. The lowest BCUT2D eigenvalue weighted by Gasteiger charge is -2.11. The molecular weight excluding hydrogens is 239 g/mol. The molecule has 0 fully saturated rings. The van der Waals surface area contributed by atoms with Gasteiger partial charge < -0.3 is 0 Å². The molecule has 0 N–H and O–H groups in total. The van der Waals surface area contributed by atoms with E-state index in [1.807, 2.05) is 19.1 Å². The van der Waals surface area contributed by atoms with Crippen molar-refractivity contribution in [2.75, 3.05) is 0 Å². The summed E-state index contributed by atoms with van der Waals surface area (Å²) in [5, 5.41) is 0. The molecule has 1 nitrogen and oxygen atoms in total. The number of benzene rings is 2. The van der Waals surface area contributed by atoms with Crippen molar-refractivity contribution in [3.05, 3.63) is 58.9 Å². The van der Waals surface area contributed by atoms with Crippen LogP contribution in [-0.4, -0.2) is 6.29 Å². The Morgan fingerprint density at radius 3 is 2.42 bits per heavy atom. The van der Waals surface area contributed by atoms with Crippen LogP contribution < -0.4 is 0 Å². The van der Waals surface area contributed by atoms with Crippen LogP contribution in [0.1, 0.15) is 35.3 Å². The third-order valence-corrected chi connectivity index (χ3v) is 3.38. The molecule has 0 aliphatic rings. The Hall–Kier alpha value is -1.96. The van der Waals surface area contributed by atoms with Crippen molar-refractivity contribution >= 4 is 6.29 Å². The Kier molecular flexibility index (Phi) is 4.10. The number of aryl methyl sites for hydroxylation is 2. The van der Waals surface area contributed by atoms with Crippen LogP contribution in [-0.2, 0) is 12.8 Å². The summed E-state index contributed by atoms with van der Waals surface area (Å²) in [6.07, 6.45) is 2.49. The van der Waals surface area contributed by atoms with Gasteiger partial charge in [-0.15, -0.1) is 0 Å². The fourth-order valence-corrected chi connectivity index (χ4v) is 2.23. The third-order valence-electron chi connectivity index (χ3n) is 3.38. The molecule has 0 spiro atoms. The van der Waals surface area contributed by atoms with E-state index in [0.717, 1.165) is 30.3 Å². The maximum atomic E-state index is 14.0. The zero-order valence-corrected chi connectivity index (χ0v) is 11.2. The summed E-state index contributed by atoms with van der Waals surface area (Å²) in [5.41, 5.74) is 4.17. The summed E-state index contributed by atoms with van der Waals surface area (Å²) in [7, 11) is 0. The van der Waals surface area contributed by atoms with Crippen LogP contribution in [0, 0.1) is 5.82 Å². The van der Waals surface area contributed by atoms with Crippen molar-refractivity contribution < 1.29 is 9.18 Å². The van der Waals surface area contributed by atoms with E-state index in [1.165, 1.54) is 17.7 Å². The van der Waals surface area contributed by atoms with E-state index < -0.39 is 0 Å². The summed E-state index contributed by atoms with van der Waals surface area (Å²) in [4.78, 5) is 10.9. The van der Waals surface area contributed by atoms with E-state index in [0.29, 0.717) is 11.1 Å². The van der Waals surface area contributed by atoms with Crippen LogP contribution in [0.25, 0.3) is 11.1 Å². The second kappa shape index (κ2) is 5.79. The van der Waals surface area contributed by atoms with Gasteiger partial charge in [-0.2, -0.15) is 0 Å². The standard InChI is InChI=1S/C17H17FO/c1-3-12-5-7-14(4-2)15(9-12)16-10-13(11-19)6-8-17(16)18/h5-11H,3-4H2,1-2H3. The lowest BCUT2D eigenvalue weighted by atomic mass is 9.94. The molecule has 2 aromatic rings. The maximum absolute atomic E-state index is 14.0. The smallest absolute Gasteiger partial charge is 0.150 e. The van der Waals surface area contributed by atoms with E-state index in [4.69, 9.17) is 0 Å². The van der Waals surface area contributed by atoms with Crippen LogP contribution >= 0.6 is 0 Å². The Morgan fingerprint density at radius 1 is 1.00 bits per heavy atom. The molecule has 19 heavy (non-hydrogen) atoms. The normalized spacial score (nSPS) is 10.5. The van der Waals surface area contributed by atoms with Gasteiger partial charge in [0.25, 0.3) is 0 Å². The number of carbonyl (C=O) groups excluding carboxylic acids is 1. The largest absolute Gasteiger partial charge is 0.298 e. The Bertz CT molecular complexity index is 602. The number of aldehydes is 1. The third kappa shape index (κ3) is 2.73. The number of hydrogen-bond donors (Lipinski definition) is 0. The molecule has 0 saturated carbocycles. The molecular formula is C17H17FO. The molecule has 0 aliphatic heterocycles. The number of rotatable bonds is 4. The van der Waals surface area contributed by atoms with Crippen LogP contribution in [0.5, 0.6) is 0 Å². The highest BCUT2D eigenvalue weighted by molar-refractivity contribution is 5.80. The highest BCUT2D eigenvalue weighted by atomic mass is 19.1. The van der Waals surface area contributed by atoms with Gasteiger partial charge in [0.05, 0.1) is 0 Å². The SMILES string of the molecule is CCc1ccc(CC)c(-c2cc(C=O)ccc2F)c1. The van der Waals surface area contributed by atoms with Gasteiger partial charge in [-0.05, 0) is 47.7 Å². The van der Waals surface area contributed by atoms with Crippen LogP contribution in [0.15, 0.2) is 36.4 Å². The number of halogens is 1. The fraction of sp³-hybridized carbons (Fsp3) is 0.235. The zero-order valence-electron chi connectivity index (χ0n) is 11.2. The molecule has 0 saturated heterocycles. The van der Waals surface area contributed by atoms with Crippen molar-refractivity contribution in [2.45, 2.75) is 26.7 Å². The van der Waals surface area contributed by atoms with Gasteiger partial charge in [0.15, 0.2) is 0 Å². The van der Waals surface area contributed by atoms with Crippen molar-refractivity contribution in [2.24, 2.45) is 0 Å². The second-order valence-corrected chi connectivity index (χ2v) is 4.56. The average Bonchev–Trinajstić information content (AvgIpc) is 2.47. The molecule has 0 bridgehead atoms.